The van der Waals surface area contributed by atoms with Gasteiger partial charge in [0, 0.05) is 24.3 Å². The fraction of sp³-hybridized carbons (Fsp3) is 0.750. The van der Waals surface area contributed by atoms with E-state index >= 15 is 0 Å². The van der Waals surface area contributed by atoms with Crippen LogP contribution in [-0.2, 0) is 6.42 Å². The Morgan fingerprint density at radius 2 is 2.25 bits per heavy atom. The molecule has 0 spiro atoms. The molecule has 0 aromatic carbocycles. The number of hydrogen-bond donors (Lipinski definition) is 2. The molecule has 2 aliphatic rings. The number of piperidine rings is 1. The quantitative estimate of drug-likeness (QED) is 0.834. The summed E-state index contributed by atoms with van der Waals surface area (Å²) < 4.78 is 0. The van der Waals surface area contributed by atoms with Crippen molar-refractivity contribution < 1.29 is 0 Å². The van der Waals surface area contributed by atoms with Crippen LogP contribution < -0.4 is 10.6 Å². The third-order valence-corrected chi connectivity index (χ3v) is 4.50. The lowest BCUT2D eigenvalue weighted by Gasteiger charge is -2.26. The highest BCUT2D eigenvalue weighted by molar-refractivity contribution is 7.09. The standard InChI is InChI=1S/C12H19N3S/c1-2-10(7-13-3-1)11-8-16-12(15-11)4-9-5-14-6-9/h8-10,13-14H,1-7H2. The van der Waals surface area contributed by atoms with Gasteiger partial charge in [-0.1, -0.05) is 0 Å². The maximum atomic E-state index is 4.81. The molecule has 1 unspecified atom stereocenters. The van der Waals surface area contributed by atoms with E-state index in [9.17, 15) is 0 Å². The van der Waals surface area contributed by atoms with Crippen molar-refractivity contribution in [2.75, 3.05) is 26.2 Å². The van der Waals surface area contributed by atoms with Crippen LogP contribution in [0.4, 0.5) is 0 Å². The lowest BCUT2D eigenvalue weighted by Crippen LogP contribution is -2.43. The molecule has 3 nitrogen and oxygen atoms in total. The Morgan fingerprint density at radius 1 is 1.31 bits per heavy atom. The lowest BCUT2D eigenvalue weighted by molar-refractivity contribution is 0.346. The van der Waals surface area contributed by atoms with Gasteiger partial charge in [-0.05, 0) is 38.4 Å². The number of aromatic nitrogens is 1. The van der Waals surface area contributed by atoms with Gasteiger partial charge < -0.3 is 10.6 Å². The molecule has 3 heterocycles. The first-order valence-electron chi connectivity index (χ1n) is 6.27. The number of thiazole rings is 1. The molecule has 2 aliphatic heterocycles. The number of nitrogens with one attached hydrogen (secondary N) is 2. The largest absolute Gasteiger partial charge is 0.316 e. The molecule has 16 heavy (non-hydrogen) atoms. The van der Waals surface area contributed by atoms with Gasteiger partial charge in [0.1, 0.15) is 0 Å². The van der Waals surface area contributed by atoms with Gasteiger partial charge in [-0.15, -0.1) is 11.3 Å². The molecule has 3 rings (SSSR count). The van der Waals surface area contributed by atoms with Gasteiger partial charge in [0.05, 0.1) is 10.7 Å². The molecule has 0 aliphatic carbocycles. The summed E-state index contributed by atoms with van der Waals surface area (Å²) in [6.45, 7) is 4.66. The van der Waals surface area contributed by atoms with E-state index in [0.29, 0.717) is 5.92 Å². The fourth-order valence-corrected chi connectivity index (χ4v) is 3.44. The van der Waals surface area contributed by atoms with Crippen LogP contribution in [0.15, 0.2) is 5.38 Å². The van der Waals surface area contributed by atoms with E-state index in [1.54, 1.807) is 0 Å². The third kappa shape index (κ3) is 2.29. The first kappa shape index (κ1) is 10.7. The summed E-state index contributed by atoms with van der Waals surface area (Å²) in [5, 5.41) is 10.4. The van der Waals surface area contributed by atoms with Gasteiger partial charge in [0.25, 0.3) is 0 Å². The van der Waals surface area contributed by atoms with Crippen LogP contribution in [0.25, 0.3) is 0 Å². The first-order chi connectivity index (χ1) is 7.92. The Labute approximate surface area is 101 Å². The van der Waals surface area contributed by atoms with Crippen molar-refractivity contribution >= 4 is 11.3 Å². The van der Waals surface area contributed by atoms with Crippen LogP contribution in [0.2, 0.25) is 0 Å². The molecule has 2 fully saturated rings. The molecule has 1 atom stereocenters. The van der Waals surface area contributed by atoms with Gasteiger partial charge in [-0.3, -0.25) is 0 Å². The summed E-state index contributed by atoms with van der Waals surface area (Å²) >= 11 is 1.85. The Balaban J connectivity index is 1.61. The van der Waals surface area contributed by atoms with Crippen LogP contribution in [-0.4, -0.2) is 31.2 Å². The highest BCUT2D eigenvalue weighted by atomic mass is 32.1. The van der Waals surface area contributed by atoms with Crippen LogP contribution in [0.1, 0.15) is 29.5 Å². The average molecular weight is 237 g/mol. The molecule has 4 heteroatoms. The van der Waals surface area contributed by atoms with Crippen molar-refractivity contribution in [1.82, 2.24) is 15.6 Å². The highest BCUT2D eigenvalue weighted by Crippen LogP contribution is 2.26. The Morgan fingerprint density at radius 3 is 2.94 bits per heavy atom. The van der Waals surface area contributed by atoms with Gasteiger partial charge in [-0.25, -0.2) is 4.98 Å². The number of rotatable bonds is 3. The summed E-state index contributed by atoms with van der Waals surface area (Å²) in [4.78, 5) is 4.81. The van der Waals surface area contributed by atoms with Crippen molar-refractivity contribution in [2.45, 2.75) is 25.2 Å². The van der Waals surface area contributed by atoms with Gasteiger partial charge >= 0.3 is 0 Å². The van der Waals surface area contributed by atoms with Crippen molar-refractivity contribution in [1.29, 1.82) is 0 Å². The zero-order chi connectivity index (χ0) is 10.8. The molecule has 0 bridgehead atoms. The normalized spacial score (nSPS) is 26.6. The molecule has 1 aromatic rings. The minimum Gasteiger partial charge on any atom is -0.316 e. The average Bonchev–Trinajstić information content (AvgIpc) is 2.73. The Hall–Kier alpha value is -0.450. The molecule has 0 radical (unpaired) electrons. The maximum absolute atomic E-state index is 4.81. The summed E-state index contributed by atoms with van der Waals surface area (Å²) in [5.74, 6) is 1.50. The van der Waals surface area contributed by atoms with Crippen LogP contribution in [0.5, 0.6) is 0 Å². The van der Waals surface area contributed by atoms with Gasteiger partial charge in [0.15, 0.2) is 0 Å². The van der Waals surface area contributed by atoms with E-state index in [2.05, 4.69) is 16.0 Å². The highest BCUT2D eigenvalue weighted by Gasteiger charge is 2.21. The third-order valence-electron chi connectivity index (χ3n) is 3.61. The van der Waals surface area contributed by atoms with Crippen molar-refractivity contribution in [3.05, 3.63) is 16.1 Å². The zero-order valence-corrected chi connectivity index (χ0v) is 10.4. The van der Waals surface area contributed by atoms with Crippen molar-refractivity contribution in [3.8, 4) is 0 Å². The smallest absolute Gasteiger partial charge is 0.0932 e. The first-order valence-corrected chi connectivity index (χ1v) is 7.15. The number of nitrogens with zero attached hydrogens (tertiary/aromatic N) is 1. The molecule has 0 saturated carbocycles. The predicted molar refractivity (Wildman–Crippen MR) is 67.0 cm³/mol. The predicted octanol–water partition coefficient (Wildman–Crippen LogP) is 1.37. The molecule has 0 amide bonds. The zero-order valence-electron chi connectivity index (χ0n) is 9.54. The fourth-order valence-electron chi connectivity index (χ4n) is 2.45. The summed E-state index contributed by atoms with van der Waals surface area (Å²) in [5.41, 5.74) is 1.33. The van der Waals surface area contributed by atoms with E-state index in [4.69, 9.17) is 4.98 Å². The van der Waals surface area contributed by atoms with E-state index in [1.807, 2.05) is 11.3 Å². The van der Waals surface area contributed by atoms with Crippen LogP contribution in [0.3, 0.4) is 0 Å². The summed E-state index contributed by atoms with van der Waals surface area (Å²) in [6.07, 6.45) is 3.78. The van der Waals surface area contributed by atoms with E-state index in [0.717, 1.165) is 12.5 Å². The van der Waals surface area contributed by atoms with E-state index < -0.39 is 0 Å². The maximum Gasteiger partial charge on any atom is 0.0932 e. The van der Waals surface area contributed by atoms with E-state index in [-0.39, 0.29) is 0 Å². The second-order valence-electron chi connectivity index (χ2n) is 4.94. The van der Waals surface area contributed by atoms with Crippen molar-refractivity contribution in [2.24, 2.45) is 5.92 Å². The SMILES string of the molecule is c1sc(CC2CNC2)nc1C1CCCNC1. The molecule has 2 saturated heterocycles. The summed E-state index contributed by atoms with van der Waals surface area (Å²) in [6, 6.07) is 0. The summed E-state index contributed by atoms with van der Waals surface area (Å²) in [7, 11) is 0. The molecule has 2 N–H and O–H groups in total. The molecule has 1 aromatic heterocycles. The van der Waals surface area contributed by atoms with Crippen molar-refractivity contribution in [3.63, 3.8) is 0 Å². The Bertz CT molecular complexity index is 340. The second-order valence-corrected chi connectivity index (χ2v) is 5.88. The lowest BCUT2D eigenvalue weighted by atomic mass is 9.97. The Kier molecular flexibility index (Phi) is 3.22. The minimum atomic E-state index is 0.665. The number of hydrogen-bond acceptors (Lipinski definition) is 4. The topological polar surface area (TPSA) is 37.0 Å². The van der Waals surface area contributed by atoms with Gasteiger partial charge in [0.2, 0.25) is 0 Å². The van der Waals surface area contributed by atoms with Crippen LogP contribution >= 0.6 is 11.3 Å². The second kappa shape index (κ2) is 4.82. The van der Waals surface area contributed by atoms with Crippen LogP contribution in [0, 0.1) is 5.92 Å². The molecular weight excluding hydrogens is 218 g/mol. The molecular formula is C12H19N3S. The van der Waals surface area contributed by atoms with E-state index in [1.165, 1.54) is 49.6 Å². The van der Waals surface area contributed by atoms with Gasteiger partial charge in [-0.2, -0.15) is 0 Å². The monoisotopic (exact) mass is 237 g/mol. The minimum absolute atomic E-state index is 0.665. The molecule has 88 valence electrons.